The topological polar surface area (TPSA) is 472 Å². The first kappa shape index (κ1) is 58.8. The lowest BCUT2D eigenvalue weighted by molar-refractivity contribution is -0.143. The van der Waals surface area contributed by atoms with Crippen LogP contribution in [0.25, 0.3) is 0 Å². The Hall–Kier alpha value is -7.29. The van der Waals surface area contributed by atoms with Gasteiger partial charge in [-0.25, -0.2) is 4.79 Å². The van der Waals surface area contributed by atoms with Gasteiger partial charge < -0.3 is 87.1 Å². The second kappa shape index (κ2) is 31.0. The van der Waals surface area contributed by atoms with E-state index in [-0.39, 0.29) is 108 Å². The molecule has 1 fully saturated rings. The molecule has 70 heavy (non-hydrogen) atoms. The summed E-state index contributed by atoms with van der Waals surface area (Å²) in [6.07, 6.45) is 1.35. The van der Waals surface area contributed by atoms with Crippen molar-refractivity contribution in [3.8, 4) is 0 Å². The van der Waals surface area contributed by atoms with Crippen LogP contribution in [-0.4, -0.2) is 162 Å². The van der Waals surface area contributed by atoms with Crippen molar-refractivity contribution in [3.63, 3.8) is 0 Å². The van der Waals surface area contributed by atoms with Crippen LogP contribution in [0.2, 0.25) is 0 Å². The van der Waals surface area contributed by atoms with Gasteiger partial charge in [0, 0.05) is 26.2 Å². The molecule has 1 saturated heterocycles. The number of carboxylic acids is 1. The monoisotopic (exact) mass is 988 g/mol. The van der Waals surface area contributed by atoms with Gasteiger partial charge in [0.2, 0.25) is 41.4 Å². The van der Waals surface area contributed by atoms with E-state index in [1.165, 1.54) is 4.90 Å². The number of likely N-dealkylation sites (tertiary alicyclic amines) is 1. The number of nitrogens with two attached hydrogens (primary N) is 7. The van der Waals surface area contributed by atoms with Gasteiger partial charge in [0.05, 0.1) is 19.2 Å². The molecule has 1 aliphatic heterocycles. The highest BCUT2D eigenvalue weighted by atomic mass is 16.4. The molecule has 22 N–H and O–H groups in total. The van der Waals surface area contributed by atoms with Gasteiger partial charge in [0.1, 0.15) is 36.3 Å². The Bertz CT molecular complexity index is 1990. The number of aliphatic hydroxyl groups excluding tert-OH is 1. The number of carbonyl (C=O) groups excluding carboxylic acids is 7. The molecule has 2 rings (SSSR count). The predicted molar refractivity (Wildman–Crippen MR) is 259 cm³/mol. The molecule has 1 aromatic carbocycles. The van der Waals surface area contributed by atoms with Crippen LogP contribution in [0, 0.1) is 5.92 Å². The van der Waals surface area contributed by atoms with E-state index < -0.39 is 103 Å². The molecule has 1 heterocycles. The Labute approximate surface area is 406 Å². The molecule has 390 valence electrons. The smallest absolute Gasteiger partial charge is 0.326 e. The number of hydrogen-bond donors (Lipinski definition) is 15. The van der Waals surface area contributed by atoms with E-state index in [2.05, 4.69) is 46.9 Å². The molecule has 7 atom stereocenters. The lowest BCUT2D eigenvalue weighted by Gasteiger charge is -2.30. The Morgan fingerprint density at radius 1 is 0.671 bits per heavy atom. The molecular weight excluding hydrogens is 915 g/mol. The Kier molecular flexibility index (Phi) is 26.0. The summed E-state index contributed by atoms with van der Waals surface area (Å²) in [6.45, 7) is 2.51. The minimum absolute atomic E-state index is 0.0201. The second-order valence-corrected chi connectivity index (χ2v) is 17.1. The van der Waals surface area contributed by atoms with Crippen molar-refractivity contribution in [1.29, 1.82) is 0 Å². The number of nitrogens with zero attached hydrogens (tertiary/aromatic N) is 4. The predicted octanol–water partition coefficient (Wildman–Crippen LogP) is -5.63. The van der Waals surface area contributed by atoms with Gasteiger partial charge in [-0.3, -0.25) is 48.5 Å². The van der Waals surface area contributed by atoms with Crippen LogP contribution in [0.4, 0.5) is 0 Å². The third-order valence-electron chi connectivity index (χ3n) is 10.8. The van der Waals surface area contributed by atoms with Crippen LogP contribution >= 0.6 is 0 Å². The third-order valence-corrected chi connectivity index (χ3v) is 10.8. The Balaban J connectivity index is 2.21. The molecule has 1 aromatic rings. The summed E-state index contributed by atoms with van der Waals surface area (Å²) in [6, 6.07) is 0.264. The number of benzene rings is 1. The van der Waals surface area contributed by atoms with E-state index in [4.69, 9.17) is 40.1 Å². The largest absolute Gasteiger partial charge is 0.480 e. The zero-order chi connectivity index (χ0) is 52.3. The molecule has 0 saturated carbocycles. The van der Waals surface area contributed by atoms with Gasteiger partial charge in [0.25, 0.3) is 0 Å². The first-order chi connectivity index (χ1) is 33.1. The summed E-state index contributed by atoms with van der Waals surface area (Å²) in [7, 11) is 0. The lowest BCUT2D eigenvalue weighted by Crippen LogP contribution is -2.59. The Morgan fingerprint density at radius 3 is 1.67 bits per heavy atom. The number of nitrogens with one attached hydrogen (secondary N) is 6. The zero-order valence-corrected chi connectivity index (χ0v) is 39.8. The second-order valence-electron chi connectivity index (χ2n) is 17.1. The highest BCUT2D eigenvalue weighted by Crippen LogP contribution is 2.20. The van der Waals surface area contributed by atoms with Crippen LogP contribution in [0.1, 0.15) is 77.2 Å². The van der Waals surface area contributed by atoms with Crippen molar-refractivity contribution >= 4 is 65.2 Å². The van der Waals surface area contributed by atoms with E-state index in [0.717, 1.165) is 5.56 Å². The van der Waals surface area contributed by atoms with Crippen LogP contribution in [-0.2, 0) is 44.8 Å². The number of aliphatic hydroxyl groups is 1. The average molecular weight is 988 g/mol. The van der Waals surface area contributed by atoms with Gasteiger partial charge in [-0.15, -0.1) is 0 Å². The molecule has 0 aromatic heterocycles. The molecule has 0 radical (unpaired) electrons. The lowest BCUT2D eigenvalue weighted by atomic mass is 10.0. The maximum atomic E-state index is 14.0. The summed E-state index contributed by atoms with van der Waals surface area (Å²) >= 11 is 0. The number of aliphatic carboxylic acids is 1. The van der Waals surface area contributed by atoms with E-state index >= 15 is 0 Å². The quantitative estimate of drug-likeness (QED) is 0.0187. The normalized spacial score (nSPS) is 15.6. The van der Waals surface area contributed by atoms with Gasteiger partial charge in [-0.2, -0.15) is 0 Å². The fourth-order valence-electron chi connectivity index (χ4n) is 7.29. The summed E-state index contributed by atoms with van der Waals surface area (Å²) in [4.78, 5) is 120. The first-order valence-electron chi connectivity index (χ1n) is 23.0. The summed E-state index contributed by atoms with van der Waals surface area (Å²) in [5, 5.41) is 35.1. The number of hydrogen-bond acceptors (Lipinski definition) is 13. The number of aliphatic imine (C=N–C) groups is 3. The van der Waals surface area contributed by atoms with Crippen LogP contribution in [0.5, 0.6) is 0 Å². The van der Waals surface area contributed by atoms with Gasteiger partial charge >= 0.3 is 5.97 Å². The molecule has 27 nitrogen and oxygen atoms in total. The fraction of sp³-hybridized carbons (Fsp3) is 0.605. The number of carbonyl (C=O) groups is 8. The minimum Gasteiger partial charge on any atom is -0.480 e. The highest BCUT2D eigenvalue weighted by molar-refractivity contribution is 5.97. The van der Waals surface area contributed by atoms with Crippen LogP contribution < -0.4 is 72.0 Å². The molecule has 0 bridgehead atoms. The SMILES string of the molecule is CC(C)C[C@H](NC(=O)[C@H](CCCN=C(N)N)NC(=O)[C@@H]1CCCN1C(=O)[C@H](CO)NC(=O)[C@@H](N)Cc1ccccc1)C(=O)NCC(=O)N[C@@H](CCCN=C(N)N)C(=O)N[C@@H](CCCN=C(N)N)C(=O)O. The molecule has 0 aliphatic carbocycles. The van der Waals surface area contributed by atoms with Crippen molar-refractivity contribution in [2.75, 3.05) is 39.3 Å². The number of amides is 7. The summed E-state index contributed by atoms with van der Waals surface area (Å²) < 4.78 is 0. The van der Waals surface area contributed by atoms with Crippen molar-refractivity contribution in [2.24, 2.45) is 61.0 Å². The van der Waals surface area contributed by atoms with Crippen LogP contribution in [0.3, 0.4) is 0 Å². The maximum absolute atomic E-state index is 14.0. The summed E-state index contributed by atoms with van der Waals surface area (Å²) in [5.74, 6) is -7.45. The van der Waals surface area contributed by atoms with E-state index in [0.29, 0.717) is 6.42 Å². The minimum atomic E-state index is -1.42. The Morgan fingerprint density at radius 2 is 1.17 bits per heavy atom. The zero-order valence-electron chi connectivity index (χ0n) is 39.8. The van der Waals surface area contributed by atoms with Gasteiger partial charge in [-0.05, 0) is 75.7 Å². The summed E-state index contributed by atoms with van der Waals surface area (Å²) in [5.41, 5.74) is 39.3. The average Bonchev–Trinajstić information content (AvgIpc) is 3.80. The number of guanidine groups is 3. The van der Waals surface area contributed by atoms with Crippen molar-refractivity contribution in [1.82, 2.24) is 36.8 Å². The van der Waals surface area contributed by atoms with Crippen molar-refractivity contribution < 1.29 is 48.6 Å². The van der Waals surface area contributed by atoms with E-state index in [9.17, 15) is 48.6 Å². The third kappa shape index (κ3) is 22.2. The number of carboxylic acid groups (broad SMARTS) is 1. The van der Waals surface area contributed by atoms with E-state index in [1.54, 1.807) is 38.1 Å². The van der Waals surface area contributed by atoms with Crippen molar-refractivity contribution in [3.05, 3.63) is 35.9 Å². The molecule has 1 aliphatic rings. The number of rotatable bonds is 31. The molecule has 0 spiro atoms. The maximum Gasteiger partial charge on any atom is 0.326 e. The highest BCUT2D eigenvalue weighted by Gasteiger charge is 2.39. The molecular formula is C43H73N17O10. The van der Waals surface area contributed by atoms with Gasteiger partial charge in [-0.1, -0.05) is 44.2 Å². The molecule has 0 unspecified atom stereocenters. The molecule has 27 heteroatoms. The van der Waals surface area contributed by atoms with Gasteiger partial charge in [0.15, 0.2) is 17.9 Å². The van der Waals surface area contributed by atoms with Crippen molar-refractivity contribution in [2.45, 2.75) is 120 Å². The van der Waals surface area contributed by atoms with Crippen LogP contribution in [0.15, 0.2) is 45.3 Å². The molecule has 7 amide bonds. The van der Waals surface area contributed by atoms with E-state index in [1.807, 2.05) is 6.07 Å². The fourth-order valence-corrected chi connectivity index (χ4v) is 7.29. The standard InChI is InChI=1S/C43H73N17O10/c1-24(2)20-30(35(64)54-22-33(62)55-27(12-6-16-51-41(45)46)36(65)57-29(40(69)70)14-8-18-53-43(49)50)58-37(66)28(13-7-17-52-42(47)48)56-38(67)32-15-9-19-60(32)39(68)31(23-61)59-34(63)26(44)21-25-10-4-3-5-11-25/h3-5,10-11,24,26-32,61H,6-9,12-23,44H2,1-2H3,(H,54,64)(H,55,62)(H,56,67)(H,57,65)(H,58,66)(H,59,63)(H,69,70)(H4,45,46,51)(H4,47,48,52)(H4,49,50,53)/t26-,27-,28-,29-,30-,31-,32-/m0/s1. The first-order valence-corrected chi connectivity index (χ1v) is 23.0.